The van der Waals surface area contributed by atoms with E-state index in [1.54, 1.807) is 21.3 Å². The Kier molecular flexibility index (Phi) is 7.56. The maximum Gasteiger partial charge on any atom is 0.191 e. The Balaban J connectivity index is 0.00000243. The maximum atomic E-state index is 5.44. The Labute approximate surface area is 172 Å². The molecule has 2 unspecified atom stereocenters. The second-order valence-corrected chi connectivity index (χ2v) is 6.11. The van der Waals surface area contributed by atoms with Crippen LogP contribution in [0.25, 0.3) is 0 Å². The van der Waals surface area contributed by atoms with Gasteiger partial charge in [0.25, 0.3) is 0 Å². The molecule has 2 aromatic rings. The molecule has 0 spiro atoms. The summed E-state index contributed by atoms with van der Waals surface area (Å²) < 4.78 is 10.7. The van der Waals surface area contributed by atoms with E-state index in [2.05, 4.69) is 46.0 Å². The van der Waals surface area contributed by atoms with Crippen LogP contribution in [0, 0.1) is 0 Å². The Bertz CT molecular complexity index is 737. The van der Waals surface area contributed by atoms with Gasteiger partial charge in [0.15, 0.2) is 5.96 Å². The Morgan fingerprint density at radius 2 is 1.88 bits per heavy atom. The first-order valence-electron chi connectivity index (χ1n) is 8.48. The van der Waals surface area contributed by atoms with E-state index in [1.165, 1.54) is 5.56 Å². The Morgan fingerprint density at radius 3 is 2.54 bits per heavy atom. The minimum atomic E-state index is 0. The van der Waals surface area contributed by atoms with E-state index in [4.69, 9.17) is 9.47 Å². The van der Waals surface area contributed by atoms with Crippen molar-refractivity contribution in [2.45, 2.75) is 24.9 Å². The van der Waals surface area contributed by atoms with Crippen LogP contribution < -0.4 is 20.1 Å². The molecule has 1 fully saturated rings. The molecule has 1 aliphatic rings. The van der Waals surface area contributed by atoms with Gasteiger partial charge in [0, 0.05) is 37.2 Å². The Hall–Kier alpha value is -1.96. The van der Waals surface area contributed by atoms with Gasteiger partial charge in [-0.25, -0.2) is 0 Å². The molecule has 0 amide bonds. The summed E-state index contributed by atoms with van der Waals surface area (Å²) in [6, 6.07) is 16.9. The van der Waals surface area contributed by atoms with Crippen LogP contribution in [0.2, 0.25) is 0 Å². The molecular formula is C20H26IN3O2. The first-order chi connectivity index (χ1) is 12.2. The standard InChI is InChI=1S/C20H25N3O2.HI/c1-21-20(23-18-12-17(18)14-7-5-4-6-8-14)22-13-15-9-10-16(24-2)11-19(15)25-3;/h4-11,17-18H,12-13H2,1-3H3,(H2,21,22,23);1H. The van der Waals surface area contributed by atoms with Crippen molar-refractivity contribution in [3.05, 3.63) is 59.7 Å². The van der Waals surface area contributed by atoms with Crippen molar-refractivity contribution in [1.29, 1.82) is 0 Å². The minimum Gasteiger partial charge on any atom is -0.497 e. The van der Waals surface area contributed by atoms with E-state index >= 15 is 0 Å². The van der Waals surface area contributed by atoms with Crippen LogP contribution in [0.15, 0.2) is 53.5 Å². The van der Waals surface area contributed by atoms with Gasteiger partial charge in [-0.05, 0) is 24.1 Å². The molecule has 0 bridgehead atoms. The molecule has 2 aromatic carbocycles. The number of nitrogens with one attached hydrogen (secondary N) is 2. The lowest BCUT2D eigenvalue weighted by molar-refractivity contribution is 0.390. The number of hydrogen-bond acceptors (Lipinski definition) is 3. The fourth-order valence-corrected chi connectivity index (χ4v) is 2.97. The highest BCUT2D eigenvalue weighted by atomic mass is 127. The summed E-state index contributed by atoms with van der Waals surface area (Å²) in [7, 11) is 5.11. The summed E-state index contributed by atoms with van der Waals surface area (Å²) in [5.74, 6) is 2.96. The SMILES string of the molecule is CN=C(NCc1ccc(OC)cc1OC)NC1CC1c1ccccc1.I. The third-order valence-electron chi connectivity index (χ3n) is 4.50. The minimum absolute atomic E-state index is 0. The highest BCUT2D eigenvalue weighted by Gasteiger charge is 2.38. The normalized spacial score (nSPS) is 18.5. The van der Waals surface area contributed by atoms with Crippen molar-refractivity contribution in [1.82, 2.24) is 10.6 Å². The highest BCUT2D eigenvalue weighted by Crippen LogP contribution is 2.40. The third-order valence-corrected chi connectivity index (χ3v) is 4.50. The van der Waals surface area contributed by atoms with Crippen LogP contribution in [-0.4, -0.2) is 33.3 Å². The number of ether oxygens (including phenoxy) is 2. The fourth-order valence-electron chi connectivity index (χ4n) is 2.97. The topological polar surface area (TPSA) is 54.9 Å². The molecule has 5 nitrogen and oxygen atoms in total. The van der Waals surface area contributed by atoms with Crippen molar-refractivity contribution < 1.29 is 9.47 Å². The number of hydrogen-bond donors (Lipinski definition) is 2. The van der Waals surface area contributed by atoms with Gasteiger partial charge in [0.05, 0.1) is 14.2 Å². The summed E-state index contributed by atoms with van der Waals surface area (Å²) in [5, 5.41) is 6.85. The molecule has 0 radical (unpaired) electrons. The van der Waals surface area contributed by atoms with Gasteiger partial charge >= 0.3 is 0 Å². The van der Waals surface area contributed by atoms with Gasteiger partial charge in [-0.1, -0.05) is 30.3 Å². The van der Waals surface area contributed by atoms with E-state index in [-0.39, 0.29) is 24.0 Å². The number of halogens is 1. The van der Waals surface area contributed by atoms with Crippen molar-refractivity contribution in [3.8, 4) is 11.5 Å². The predicted molar refractivity (Wildman–Crippen MR) is 116 cm³/mol. The zero-order chi connectivity index (χ0) is 17.6. The van der Waals surface area contributed by atoms with Crippen molar-refractivity contribution in [3.63, 3.8) is 0 Å². The second-order valence-electron chi connectivity index (χ2n) is 6.11. The van der Waals surface area contributed by atoms with Gasteiger partial charge < -0.3 is 20.1 Å². The number of methoxy groups -OCH3 is 2. The Morgan fingerprint density at radius 1 is 1.12 bits per heavy atom. The average molecular weight is 467 g/mol. The monoisotopic (exact) mass is 467 g/mol. The lowest BCUT2D eigenvalue weighted by Gasteiger charge is -2.14. The number of aliphatic imine (C=N–C) groups is 1. The van der Waals surface area contributed by atoms with Crippen molar-refractivity contribution in [2.24, 2.45) is 4.99 Å². The maximum absolute atomic E-state index is 5.44. The van der Waals surface area contributed by atoms with E-state index in [1.807, 2.05) is 18.2 Å². The zero-order valence-corrected chi connectivity index (χ0v) is 17.7. The molecular weight excluding hydrogens is 441 g/mol. The first-order valence-corrected chi connectivity index (χ1v) is 8.48. The molecule has 2 N–H and O–H groups in total. The molecule has 140 valence electrons. The summed E-state index contributed by atoms with van der Waals surface area (Å²) >= 11 is 0. The summed E-state index contributed by atoms with van der Waals surface area (Å²) in [4.78, 5) is 4.33. The predicted octanol–water partition coefficient (Wildman–Crippen LogP) is 3.54. The van der Waals surface area contributed by atoms with Gasteiger partial charge in [0.2, 0.25) is 0 Å². The molecule has 3 rings (SSSR count). The molecule has 2 atom stereocenters. The van der Waals surface area contributed by atoms with Crippen LogP contribution in [0.4, 0.5) is 0 Å². The highest BCUT2D eigenvalue weighted by molar-refractivity contribution is 14.0. The molecule has 0 aliphatic heterocycles. The van der Waals surface area contributed by atoms with Crippen molar-refractivity contribution in [2.75, 3.05) is 21.3 Å². The van der Waals surface area contributed by atoms with E-state index in [9.17, 15) is 0 Å². The number of benzene rings is 2. The largest absolute Gasteiger partial charge is 0.497 e. The van der Waals surface area contributed by atoms with Gasteiger partial charge in [-0.15, -0.1) is 24.0 Å². The zero-order valence-electron chi connectivity index (χ0n) is 15.4. The molecule has 6 heteroatoms. The average Bonchev–Trinajstić information content (AvgIpc) is 3.44. The van der Waals surface area contributed by atoms with Crippen LogP contribution in [0.5, 0.6) is 11.5 Å². The fraction of sp³-hybridized carbons (Fsp3) is 0.350. The molecule has 0 heterocycles. The van der Waals surface area contributed by atoms with Crippen LogP contribution in [0.1, 0.15) is 23.5 Å². The number of nitrogens with zero attached hydrogens (tertiary/aromatic N) is 1. The van der Waals surface area contributed by atoms with Crippen molar-refractivity contribution >= 4 is 29.9 Å². The van der Waals surface area contributed by atoms with Crippen LogP contribution in [-0.2, 0) is 6.54 Å². The molecule has 26 heavy (non-hydrogen) atoms. The van der Waals surface area contributed by atoms with Gasteiger partial charge in [-0.3, -0.25) is 4.99 Å². The first kappa shape index (κ1) is 20.4. The number of rotatable bonds is 6. The second kappa shape index (κ2) is 9.66. The molecule has 1 aliphatic carbocycles. The lowest BCUT2D eigenvalue weighted by Crippen LogP contribution is -2.38. The molecule has 1 saturated carbocycles. The lowest BCUT2D eigenvalue weighted by atomic mass is 10.1. The van der Waals surface area contributed by atoms with Crippen LogP contribution in [0.3, 0.4) is 0 Å². The third kappa shape index (κ3) is 5.03. The summed E-state index contributed by atoms with van der Waals surface area (Å²) in [6.45, 7) is 0.634. The summed E-state index contributed by atoms with van der Waals surface area (Å²) in [6.07, 6.45) is 1.14. The molecule has 0 aromatic heterocycles. The summed E-state index contributed by atoms with van der Waals surface area (Å²) in [5.41, 5.74) is 2.44. The quantitative estimate of drug-likeness (QED) is 0.388. The molecule has 0 saturated heterocycles. The van der Waals surface area contributed by atoms with E-state index in [0.717, 1.165) is 29.4 Å². The van der Waals surface area contributed by atoms with Crippen LogP contribution >= 0.6 is 24.0 Å². The van der Waals surface area contributed by atoms with Gasteiger partial charge in [-0.2, -0.15) is 0 Å². The van der Waals surface area contributed by atoms with E-state index in [0.29, 0.717) is 18.5 Å². The van der Waals surface area contributed by atoms with E-state index < -0.39 is 0 Å². The van der Waals surface area contributed by atoms with Gasteiger partial charge in [0.1, 0.15) is 11.5 Å². The smallest absolute Gasteiger partial charge is 0.191 e. The number of guanidine groups is 1.